The van der Waals surface area contributed by atoms with Crippen LogP contribution in [0, 0.1) is 0 Å². The summed E-state index contributed by atoms with van der Waals surface area (Å²) in [6.07, 6.45) is 2.97. The molecule has 4 atom stereocenters. The van der Waals surface area contributed by atoms with Crippen LogP contribution in [0.3, 0.4) is 0 Å². The van der Waals surface area contributed by atoms with Gasteiger partial charge >= 0.3 is 11.9 Å². The molecule has 0 bridgehead atoms. The SMILES string of the molecule is COc1ccc(C2SC[C@@H](C(=O)O)N2C(=O)CCCCCCC(=O)N2C(c3ccc(OC)cc3)SC[C@H]2C(=O)O)cc1. The third-order valence-electron chi connectivity index (χ3n) is 7.48. The summed E-state index contributed by atoms with van der Waals surface area (Å²) in [6, 6.07) is 12.8. The molecule has 12 heteroatoms. The lowest BCUT2D eigenvalue weighted by molar-refractivity contribution is -0.149. The number of ether oxygens (including phenoxy) is 2. The minimum Gasteiger partial charge on any atom is -0.497 e. The van der Waals surface area contributed by atoms with Crippen molar-refractivity contribution in [2.75, 3.05) is 25.7 Å². The van der Waals surface area contributed by atoms with E-state index in [9.17, 15) is 29.4 Å². The van der Waals surface area contributed by atoms with Crippen LogP contribution in [0.5, 0.6) is 11.5 Å². The molecule has 10 nitrogen and oxygen atoms in total. The minimum absolute atomic E-state index is 0.204. The summed E-state index contributed by atoms with van der Waals surface area (Å²) in [5.41, 5.74) is 1.70. The molecule has 2 saturated heterocycles. The second-order valence-electron chi connectivity index (χ2n) is 10.1. The van der Waals surface area contributed by atoms with Gasteiger partial charge in [0.25, 0.3) is 0 Å². The number of unbranched alkanes of at least 4 members (excludes halogenated alkanes) is 3. The van der Waals surface area contributed by atoms with Gasteiger partial charge in [-0.05, 0) is 48.2 Å². The standard InChI is InChI=1S/C30H36N2O8S2/c1-39-21-13-9-19(10-14-21)27-31(23(17-41-27)29(35)36)25(33)7-5-3-4-6-8-26(34)32-24(30(37)38)18-42-28(32)20-11-15-22(40-2)16-12-20/h9-16,23-24,27-28H,3-8,17-18H2,1-2H3,(H,35,36)(H,37,38)/t23-,24-,27?,28?/m0/s1. The molecule has 2 aromatic rings. The first-order valence-corrected chi connectivity index (χ1v) is 15.9. The lowest BCUT2D eigenvalue weighted by atomic mass is 10.1. The molecule has 0 saturated carbocycles. The van der Waals surface area contributed by atoms with E-state index in [1.54, 1.807) is 38.5 Å². The number of rotatable bonds is 13. The summed E-state index contributed by atoms with van der Waals surface area (Å²) < 4.78 is 10.4. The fourth-order valence-corrected chi connectivity index (χ4v) is 8.10. The van der Waals surface area contributed by atoms with Gasteiger partial charge in [0.1, 0.15) is 34.3 Å². The number of hydrogen-bond acceptors (Lipinski definition) is 8. The molecule has 0 aliphatic carbocycles. The molecule has 2 N–H and O–H groups in total. The molecule has 42 heavy (non-hydrogen) atoms. The monoisotopic (exact) mass is 616 g/mol. The van der Waals surface area contributed by atoms with Crippen molar-refractivity contribution in [3.05, 3.63) is 59.7 Å². The van der Waals surface area contributed by atoms with E-state index in [4.69, 9.17) is 9.47 Å². The van der Waals surface area contributed by atoms with E-state index in [1.165, 1.54) is 33.3 Å². The molecule has 2 aliphatic heterocycles. The molecule has 2 heterocycles. The Kier molecular flexibility index (Phi) is 11.0. The number of carboxylic acid groups (broad SMARTS) is 2. The Morgan fingerprint density at radius 1 is 0.667 bits per heavy atom. The number of carboxylic acids is 2. The summed E-state index contributed by atoms with van der Waals surface area (Å²) in [5, 5.41) is 18.7. The molecular formula is C30H36N2O8S2. The molecule has 2 aromatic carbocycles. The number of aliphatic carboxylic acids is 2. The predicted octanol–water partition coefficient (Wildman–Crippen LogP) is 4.80. The van der Waals surface area contributed by atoms with Crippen LogP contribution in [0.2, 0.25) is 0 Å². The summed E-state index contributed by atoms with van der Waals surface area (Å²) in [7, 11) is 3.14. The molecule has 2 amide bonds. The maximum Gasteiger partial charge on any atom is 0.327 e. The Morgan fingerprint density at radius 2 is 1.02 bits per heavy atom. The summed E-state index contributed by atoms with van der Waals surface area (Å²) in [5.74, 6) is -0.420. The van der Waals surface area contributed by atoms with Crippen LogP contribution < -0.4 is 9.47 Å². The van der Waals surface area contributed by atoms with E-state index in [0.717, 1.165) is 11.1 Å². The van der Waals surface area contributed by atoms with E-state index in [0.29, 0.717) is 48.7 Å². The zero-order valence-electron chi connectivity index (χ0n) is 23.6. The van der Waals surface area contributed by atoms with Crippen molar-refractivity contribution in [2.24, 2.45) is 0 Å². The van der Waals surface area contributed by atoms with Gasteiger partial charge in [-0.2, -0.15) is 0 Å². The summed E-state index contributed by atoms with van der Waals surface area (Å²) in [4.78, 5) is 53.1. The first kappa shape index (κ1) is 31.6. The topological polar surface area (TPSA) is 134 Å². The third-order valence-corrected chi connectivity index (χ3v) is 10.1. The van der Waals surface area contributed by atoms with Crippen LogP contribution in [0.1, 0.15) is 60.4 Å². The lowest BCUT2D eigenvalue weighted by Gasteiger charge is -2.28. The van der Waals surface area contributed by atoms with Gasteiger partial charge in [-0.3, -0.25) is 9.59 Å². The summed E-state index contributed by atoms with van der Waals surface area (Å²) in [6.45, 7) is 0. The van der Waals surface area contributed by atoms with Crippen LogP contribution in [-0.2, 0) is 19.2 Å². The van der Waals surface area contributed by atoms with E-state index >= 15 is 0 Å². The van der Waals surface area contributed by atoms with Gasteiger partial charge in [0, 0.05) is 24.3 Å². The van der Waals surface area contributed by atoms with Crippen LogP contribution in [-0.4, -0.2) is 81.6 Å². The van der Waals surface area contributed by atoms with Crippen molar-refractivity contribution in [1.29, 1.82) is 0 Å². The maximum absolute atomic E-state index is 13.2. The smallest absolute Gasteiger partial charge is 0.327 e. The quantitative estimate of drug-likeness (QED) is 0.302. The zero-order chi connectivity index (χ0) is 30.2. The van der Waals surface area contributed by atoms with Crippen molar-refractivity contribution < 1.29 is 38.9 Å². The first-order chi connectivity index (χ1) is 20.2. The van der Waals surface area contributed by atoms with E-state index in [-0.39, 0.29) is 35.4 Å². The van der Waals surface area contributed by atoms with Crippen molar-refractivity contribution in [1.82, 2.24) is 9.80 Å². The molecule has 0 radical (unpaired) electrons. The minimum atomic E-state index is -1.02. The van der Waals surface area contributed by atoms with Crippen molar-refractivity contribution in [2.45, 2.75) is 61.4 Å². The van der Waals surface area contributed by atoms with Crippen LogP contribution in [0.15, 0.2) is 48.5 Å². The molecule has 2 unspecified atom stereocenters. The highest BCUT2D eigenvalue weighted by atomic mass is 32.2. The van der Waals surface area contributed by atoms with E-state index < -0.39 is 24.0 Å². The Bertz CT molecular complexity index is 1160. The van der Waals surface area contributed by atoms with Crippen LogP contribution in [0.25, 0.3) is 0 Å². The van der Waals surface area contributed by atoms with Gasteiger partial charge in [0.15, 0.2) is 0 Å². The predicted molar refractivity (Wildman–Crippen MR) is 161 cm³/mol. The Morgan fingerprint density at radius 3 is 1.33 bits per heavy atom. The number of methoxy groups -OCH3 is 2. The largest absolute Gasteiger partial charge is 0.497 e. The molecule has 226 valence electrons. The van der Waals surface area contributed by atoms with Crippen molar-refractivity contribution in [3.8, 4) is 11.5 Å². The number of thioether (sulfide) groups is 2. The number of carbonyl (C=O) groups excluding carboxylic acids is 2. The zero-order valence-corrected chi connectivity index (χ0v) is 25.3. The second kappa shape index (κ2) is 14.7. The van der Waals surface area contributed by atoms with E-state index in [2.05, 4.69) is 0 Å². The highest BCUT2D eigenvalue weighted by molar-refractivity contribution is 8.00. The number of carbonyl (C=O) groups is 4. The molecule has 2 aliphatic rings. The van der Waals surface area contributed by atoms with Gasteiger partial charge in [0.2, 0.25) is 11.8 Å². The normalized spacial score (nSPS) is 21.8. The lowest BCUT2D eigenvalue weighted by Crippen LogP contribution is -2.43. The van der Waals surface area contributed by atoms with Crippen LogP contribution >= 0.6 is 23.5 Å². The number of benzene rings is 2. The highest BCUT2D eigenvalue weighted by Crippen LogP contribution is 2.43. The number of nitrogens with zero attached hydrogens (tertiary/aromatic N) is 2. The highest BCUT2D eigenvalue weighted by Gasteiger charge is 2.43. The average molecular weight is 617 g/mol. The van der Waals surface area contributed by atoms with Crippen molar-refractivity contribution in [3.63, 3.8) is 0 Å². The molecule has 0 aromatic heterocycles. The molecule has 2 fully saturated rings. The Labute approximate surface area is 253 Å². The second-order valence-corrected chi connectivity index (χ2v) is 12.4. The van der Waals surface area contributed by atoms with Crippen LogP contribution in [0.4, 0.5) is 0 Å². The van der Waals surface area contributed by atoms with Gasteiger partial charge in [-0.15, -0.1) is 23.5 Å². The fourth-order valence-electron chi connectivity index (χ4n) is 5.22. The van der Waals surface area contributed by atoms with Gasteiger partial charge in [-0.25, -0.2) is 9.59 Å². The Balaban J connectivity index is 1.28. The summed E-state index contributed by atoms with van der Waals surface area (Å²) >= 11 is 2.88. The third kappa shape index (κ3) is 7.33. The number of hydrogen-bond donors (Lipinski definition) is 2. The van der Waals surface area contributed by atoms with Gasteiger partial charge in [-0.1, -0.05) is 37.1 Å². The molecular weight excluding hydrogens is 580 g/mol. The van der Waals surface area contributed by atoms with Gasteiger partial charge in [0.05, 0.1) is 14.2 Å². The first-order valence-electron chi connectivity index (χ1n) is 13.8. The van der Waals surface area contributed by atoms with E-state index in [1.807, 2.05) is 24.3 Å². The van der Waals surface area contributed by atoms with Gasteiger partial charge < -0.3 is 29.5 Å². The van der Waals surface area contributed by atoms with Crippen molar-refractivity contribution >= 4 is 47.3 Å². The molecule has 0 spiro atoms. The maximum atomic E-state index is 13.2. The number of amides is 2. The molecule has 4 rings (SSSR count). The fraction of sp³-hybridized carbons (Fsp3) is 0.467. The average Bonchev–Trinajstić information content (AvgIpc) is 3.65. The Hall–Kier alpha value is -3.38.